The van der Waals surface area contributed by atoms with Crippen LogP contribution < -0.4 is 13.7 Å². The lowest BCUT2D eigenvalue weighted by Gasteiger charge is -2.23. The molecule has 1 aliphatic heterocycles. The van der Waals surface area contributed by atoms with Gasteiger partial charge < -0.3 is 18.4 Å². The van der Waals surface area contributed by atoms with E-state index in [0.717, 1.165) is 68.2 Å². The fourth-order valence-electron chi connectivity index (χ4n) is 5.31. The fourth-order valence-corrected chi connectivity index (χ4v) is 6.70. The number of benzene rings is 2. The second-order valence-electron chi connectivity index (χ2n) is 10.4. The first-order valence-electron chi connectivity index (χ1n) is 14.5. The molecule has 4 rings (SSSR count). The zero-order valence-electron chi connectivity index (χ0n) is 24.4. The molecule has 1 unspecified atom stereocenters. The second-order valence-corrected chi connectivity index (χ2v) is 11.9. The van der Waals surface area contributed by atoms with E-state index in [1.807, 2.05) is 12.1 Å². The van der Waals surface area contributed by atoms with Crippen LogP contribution in [-0.4, -0.2) is 44.8 Å². The quantitative estimate of drug-likeness (QED) is 0.214. The van der Waals surface area contributed by atoms with Gasteiger partial charge in [0.2, 0.25) is 5.88 Å². The van der Waals surface area contributed by atoms with Crippen LogP contribution in [0.2, 0.25) is 0 Å². The molecule has 0 N–H and O–H groups in total. The molecule has 0 saturated carbocycles. The Kier molecular flexibility index (Phi) is 10.2. The van der Waals surface area contributed by atoms with E-state index in [9.17, 15) is 8.42 Å². The van der Waals surface area contributed by atoms with Crippen molar-refractivity contribution >= 4 is 21.0 Å². The molecule has 0 spiro atoms. The summed E-state index contributed by atoms with van der Waals surface area (Å²) in [4.78, 5) is 9.21. The first kappa shape index (κ1) is 30.1. The number of ether oxygens (including phenoxy) is 3. The molecule has 40 heavy (non-hydrogen) atoms. The predicted molar refractivity (Wildman–Crippen MR) is 156 cm³/mol. The van der Waals surface area contributed by atoms with Gasteiger partial charge in [-0.05, 0) is 68.2 Å². The second kappa shape index (κ2) is 13.6. The monoisotopic (exact) mass is 570 g/mol. The number of aryl methyl sites for hydroxylation is 4. The third-order valence-electron chi connectivity index (χ3n) is 7.08. The molecule has 2 heterocycles. The Morgan fingerprint density at radius 1 is 0.925 bits per heavy atom. The average molecular weight is 571 g/mol. The molecule has 1 aromatic heterocycles. The van der Waals surface area contributed by atoms with Crippen molar-refractivity contribution in [3.05, 3.63) is 46.8 Å². The Balaban J connectivity index is 1.77. The number of fused-ring (bicyclic) bond motifs is 1. The maximum absolute atomic E-state index is 14.0. The van der Waals surface area contributed by atoms with Crippen LogP contribution in [0, 0.1) is 6.92 Å². The number of aromatic nitrogens is 2. The Labute approximate surface area is 238 Å². The minimum atomic E-state index is -4.20. The van der Waals surface area contributed by atoms with Gasteiger partial charge in [-0.2, -0.15) is 13.4 Å². The van der Waals surface area contributed by atoms with Crippen LogP contribution in [0.1, 0.15) is 81.8 Å². The summed E-state index contributed by atoms with van der Waals surface area (Å²) < 4.78 is 51.4. The SMILES string of the molecule is CCCc1cc(CCC)c(S(=O)(=O)Oc2nc(C)nc3cc(OC)c(OCC4CCCCO4)cc23)c(CCC)c1. The van der Waals surface area contributed by atoms with Gasteiger partial charge in [-0.1, -0.05) is 52.2 Å². The average Bonchev–Trinajstić information content (AvgIpc) is 2.92. The molecule has 1 saturated heterocycles. The Morgan fingerprint density at radius 3 is 2.23 bits per heavy atom. The predicted octanol–water partition coefficient (Wildman–Crippen LogP) is 6.52. The summed E-state index contributed by atoms with van der Waals surface area (Å²) in [5.74, 6) is 1.33. The highest BCUT2D eigenvalue weighted by molar-refractivity contribution is 7.87. The third-order valence-corrected chi connectivity index (χ3v) is 8.48. The summed E-state index contributed by atoms with van der Waals surface area (Å²) in [6.07, 6.45) is 7.94. The van der Waals surface area contributed by atoms with Crippen molar-refractivity contribution < 1.29 is 26.8 Å². The molecule has 0 amide bonds. The zero-order valence-corrected chi connectivity index (χ0v) is 25.2. The van der Waals surface area contributed by atoms with Crippen molar-refractivity contribution in [3.63, 3.8) is 0 Å². The van der Waals surface area contributed by atoms with Crippen molar-refractivity contribution in [1.82, 2.24) is 9.97 Å². The molecule has 1 fully saturated rings. The summed E-state index contributed by atoms with van der Waals surface area (Å²) in [6.45, 7) is 9.04. The van der Waals surface area contributed by atoms with E-state index in [2.05, 4.69) is 30.7 Å². The van der Waals surface area contributed by atoms with Crippen molar-refractivity contribution in [1.29, 1.82) is 0 Å². The largest absolute Gasteiger partial charge is 0.493 e. The summed E-state index contributed by atoms with van der Waals surface area (Å²) >= 11 is 0. The fraction of sp³-hybridized carbons (Fsp3) is 0.548. The van der Waals surface area contributed by atoms with Crippen molar-refractivity contribution in [3.8, 4) is 17.4 Å². The van der Waals surface area contributed by atoms with Crippen molar-refractivity contribution in [2.45, 2.75) is 96.5 Å². The van der Waals surface area contributed by atoms with Crippen LogP contribution in [0.15, 0.2) is 29.2 Å². The number of rotatable bonds is 13. The molecule has 1 atom stereocenters. The van der Waals surface area contributed by atoms with Crippen molar-refractivity contribution in [2.75, 3.05) is 20.3 Å². The van der Waals surface area contributed by atoms with Gasteiger partial charge in [0.1, 0.15) is 17.3 Å². The topological polar surface area (TPSA) is 96.8 Å². The molecule has 2 aromatic carbocycles. The van der Waals surface area contributed by atoms with Crippen LogP contribution in [-0.2, 0) is 34.1 Å². The van der Waals surface area contributed by atoms with Crippen LogP contribution in [0.25, 0.3) is 10.9 Å². The van der Waals surface area contributed by atoms with E-state index in [1.165, 1.54) is 0 Å². The highest BCUT2D eigenvalue weighted by atomic mass is 32.2. The molecule has 1 aliphatic rings. The number of methoxy groups -OCH3 is 1. The standard InChI is InChI=1S/C31H42N2O6S/c1-6-11-22-16-23(12-7-2)30(24(17-22)13-8-3)40(34,35)39-31-26-18-29(38-20-25-14-9-10-15-37-25)28(36-5)19-27(26)32-21(4)33-31/h16-19,25H,6-15,20H2,1-5H3. The molecule has 0 aliphatic carbocycles. The lowest BCUT2D eigenvalue weighted by atomic mass is 9.97. The summed E-state index contributed by atoms with van der Waals surface area (Å²) in [6, 6.07) is 7.47. The zero-order chi connectivity index (χ0) is 28.7. The van der Waals surface area contributed by atoms with Crippen LogP contribution in [0.4, 0.5) is 0 Å². The van der Waals surface area contributed by atoms with E-state index >= 15 is 0 Å². The summed E-state index contributed by atoms with van der Waals surface area (Å²) in [5, 5.41) is 0.436. The molecular weight excluding hydrogens is 528 g/mol. The van der Waals surface area contributed by atoms with Gasteiger partial charge in [-0.3, -0.25) is 0 Å². The number of nitrogens with zero attached hydrogens (tertiary/aromatic N) is 2. The van der Waals surface area contributed by atoms with Gasteiger partial charge >= 0.3 is 10.1 Å². The normalized spacial score (nSPS) is 15.8. The maximum Gasteiger partial charge on any atom is 0.341 e. The van der Waals surface area contributed by atoms with E-state index in [4.69, 9.17) is 18.4 Å². The van der Waals surface area contributed by atoms with Gasteiger partial charge in [0.05, 0.1) is 24.1 Å². The molecule has 0 bridgehead atoms. The van der Waals surface area contributed by atoms with Gasteiger partial charge in [0.25, 0.3) is 0 Å². The molecule has 0 radical (unpaired) electrons. The molecule has 9 heteroatoms. The Hall–Kier alpha value is -2.91. The Bertz CT molecular complexity index is 1390. The minimum absolute atomic E-state index is 0.00386. The lowest BCUT2D eigenvalue weighted by Crippen LogP contribution is -2.25. The van der Waals surface area contributed by atoms with Gasteiger partial charge in [0.15, 0.2) is 11.5 Å². The minimum Gasteiger partial charge on any atom is -0.493 e. The molecule has 3 aromatic rings. The molecule has 218 valence electrons. The van der Waals surface area contributed by atoms with E-state index in [-0.39, 0.29) is 16.9 Å². The van der Waals surface area contributed by atoms with Gasteiger partial charge in [0, 0.05) is 12.7 Å². The van der Waals surface area contributed by atoms with Crippen LogP contribution in [0.5, 0.6) is 17.4 Å². The highest BCUT2D eigenvalue weighted by Gasteiger charge is 2.28. The highest BCUT2D eigenvalue weighted by Crippen LogP contribution is 2.37. The number of hydrogen-bond donors (Lipinski definition) is 0. The molecule has 8 nitrogen and oxygen atoms in total. The number of hydrogen-bond acceptors (Lipinski definition) is 8. The maximum atomic E-state index is 14.0. The van der Waals surface area contributed by atoms with E-state index in [0.29, 0.717) is 47.7 Å². The summed E-state index contributed by atoms with van der Waals surface area (Å²) in [7, 11) is -2.64. The van der Waals surface area contributed by atoms with Crippen molar-refractivity contribution in [2.24, 2.45) is 0 Å². The Morgan fingerprint density at radius 2 is 1.62 bits per heavy atom. The first-order valence-corrected chi connectivity index (χ1v) is 15.9. The van der Waals surface area contributed by atoms with Crippen LogP contribution >= 0.6 is 0 Å². The lowest BCUT2D eigenvalue weighted by molar-refractivity contribution is -0.0114. The van der Waals surface area contributed by atoms with Gasteiger partial charge in [-0.25, -0.2) is 4.98 Å². The molecular formula is C31H42N2O6S. The first-order chi connectivity index (χ1) is 19.3. The van der Waals surface area contributed by atoms with E-state index < -0.39 is 10.1 Å². The third kappa shape index (κ3) is 7.04. The van der Waals surface area contributed by atoms with Gasteiger partial charge in [-0.15, -0.1) is 0 Å². The smallest absolute Gasteiger partial charge is 0.341 e. The summed E-state index contributed by atoms with van der Waals surface area (Å²) in [5.41, 5.74) is 3.26. The van der Waals surface area contributed by atoms with Crippen LogP contribution in [0.3, 0.4) is 0 Å². The van der Waals surface area contributed by atoms with E-state index in [1.54, 1.807) is 26.2 Å².